The molecular formula is C43H18F15N5. The molecule has 9 rings (SSSR count). The van der Waals surface area contributed by atoms with E-state index in [2.05, 4.69) is 20.3 Å². The van der Waals surface area contributed by atoms with Gasteiger partial charge in [0.15, 0.2) is 69.8 Å². The molecule has 0 spiro atoms. The summed E-state index contributed by atoms with van der Waals surface area (Å²) in [5, 5.41) is 1.31. The molecule has 2 aliphatic heterocycles. The van der Waals surface area contributed by atoms with Gasteiger partial charge in [0.05, 0.1) is 46.0 Å². The van der Waals surface area contributed by atoms with Crippen LogP contribution in [0.2, 0.25) is 0 Å². The summed E-state index contributed by atoms with van der Waals surface area (Å²) in [5.41, 5.74) is -9.00. The molecule has 0 saturated carbocycles. The van der Waals surface area contributed by atoms with Crippen LogP contribution in [-0.4, -0.2) is 19.5 Å². The molecular weight excluding hydrogens is 871 g/mol. The van der Waals surface area contributed by atoms with Gasteiger partial charge in [-0.25, -0.2) is 65.9 Å². The Morgan fingerprint density at radius 2 is 0.905 bits per heavy atom. The first-order valence-corrected chi connectivity index (χ1v) is 18.0. The maximum absolute atomic E-state index is 16.0. The van der Waals surface area contributed by atoms with Crippen molar-refractivity contribution in [2.24, 2.45) is 0 Å². The van der Waals surface area contributed by atoms with E-state index >= 15 is 35.1 Å². The number of hydrogen-bond acceptors (Lipinski definition) is 2. The lowest BCUT2D eigenvalue weighted by Gasteiger charge is -2.18. The monoisotopic (exact) mass is 889 g/mol. The number of nitrogens with one attached hydrogen (secondary N) is 3. The van der Waals surface area contributed by atoms with Crippen molar-refractivity contribution in [3.8, 4) is 11.4 Å². The molecule has 0 atom stereocenters. The molecule has 0 aliphatic carbocycles. The number of pyridine rings is 1. The smallest absolute Gasteiger partial charge is 0.200 e. The lowest BCUT2D eigenvalue weighted by Crippen LogP contribution is -2.24. The highest BCUT2D eigenvalue weighted by atomic mass is 19.2. The number of aromatic amines is 2. The number of hydrogen-bond donors (Lipinski definition) is 3. The molecule has 320 valence electrons. The molecule has 3 N–H and O–H groups in total. The second kappa shape index (κ2) is 14.9. The Morgan fingerprint density at radius 1 is 0.444 bits per heavy atom. The minimum absolute atomic E-state index is 0.00135. The van der Waals surface area contributed by atoms with Crippen molar-refractivity contribution in [2.45, 2.75) is 13.0 Å². The van der Waals surface area contributed by atoms with Gasteiger partial charge in [0, 0.05) is 57.1 Å². The van der Waals surface area contributed by atoms with Gasteiger partial charge >= 0.3 is 0 Å². The normalized spacial score (nSPS) is 13.7. The van der Waals surface area contributed by atoms with Gasteiger partial charge in [-0.1, -0.05) is 12.1 Å². The molecule has 0 radical (unpaired) electrons. The second-order valence-electron chi connectivity index (χ2n) is 14.0. The van der Waals surface area contributed by atoms with Crippen LogP contribution in [0.3, 0.4) is 0 Å². The van der Waals surface area contributed by atoms with E-state index in [1.165, 1.54) is 41.1 Å². The first-order chi connectivity index (χ1) is 30.0. The van der Waals surface area contributed by atoms with Gasteiger partial charge in [-0.05, 0) is 48.5 Å². The highest BCUT2D eigenvalue weighted by molar-refractivity contribution is 5.87. The fraction of sp³-hybridized carbons (Fsp3) is 0.0465. The summed E-state index contributed by atoms with van der Waals surface area (Å²) in [7, 11) is 0. The Morgan fingerprint density at radius 3 is 1.43 bits per heavy atom. The predicted octanol–water partition coefficient (Wildman–Crippen LogP) is 9.44. The van der Waals surface area contributed by atoms with Crippen molar-refractivity contribution < 1.29 is 65.9 Å². The van der Waals surface area contributed by atoms with Crippen molar-refractivity contribution in [3.05, 3.63) is 210 Å². The molecule has 8 bridgehead atoms. The Kier molecular flexibility index (Phi) is 9.70. The molecule has 0 saturated heterocycles. The molecule has 0 unspecified atom stereocenters. The molecule has 2 aliphatic rings. The van der Waals surface area contributed by atoms with E-state index in [1.54, 1.807) is 0 Å². The number of H-pyrrole nitrogens is 2. The lowest BCUT2D eigenvalue weighted by molar-refractivity contribution is 0.376. The second-order valence-corrected chi connectivity index (χ2v) is 14.0. The molecule has 0 amide bonds. The summed E-state index contributed by atoms with van der Waals surface area (Å²) >= 11 is 0. The van der Waals surface area contributed by atoms with Crippen molar-refractivity contribution in [2.75, 3.05) is 0 Å². The zero-order valence-electron chi connectivity index (χ0n) is 30.8. The predicted molar refractivity (Wildman–Crippen MR) is 192 cm³/mol. The lowest BCUT2D eigenvalue weighted by atomic mass is 9.97. The highest BCUT2D eigenvalue weighted by Crippen LogP contribution is 2.41. The SMILES string of the molecule is Fc1c(F)c(F)c(C2=C3CC=C(N3)C(c3c(F)c(F)c(F)c(F)c3F)=c3ccc([nH]3)=C(c3c(F)c(F)c(F)c(F)c3F)c3ccc(n3Cc3ccccn3)-c3ccc2[nH]3)c(F)c1F. The summed E-state index contributed by atoms with van der Waals surface area (Å²) in [5.74, 6) is -36.3. The van der Waals surface area contributed by atoms with Crippen LogP contribution in [0.1, 0.15) is 40.2 Å². The van der Waals surface area contributed by atoms with E-state index in [-0.39, 0.29) is 29.3 Å². The quantitative estimate of drug-likeness (QED) is 0.0917. The molecule has 6 heterocycles. The van der Waals surface area contributed by atoms with Crippen LogP contribution in [0.25, 0.3) is 28.1 Å². The largest absolute Gasteiger partial charge is 0.358 e. The average Bonchev–Trinajstić information content (AvgIpc) is 4.13. The highest BCUT2D eigenvalue weighted by Gasteiger charge is 2.36. The van der Waals surface area contributed by atoms with E-state index in [4.69, 9.17) is 0 Å². The zero-order valence-corrected chi connectivity index (χ0v) is 30.8. The average molecular weight is 890 g/mol. The van der Waals surface area contributed by atoms with Gasteiger partial charge in [-0.3, -0.25) is 4.98 Å². The number of fused-ring (bicyclic) bond motifs is 9. The summed E-state index contributed by atoms with van der Waals surface area (Å²) in [6.45, 7) is -0.374. The van der Waals surface area contributed by atoms with Crippen molar-refractivity contribution in [1.82, 2.24) is 24.8 Å². The number of nitrogens with zero attached hydrogens (tertiary/aromatic N) is 2. The minimum Gasteiger partial charge on any atom is -0.358 e. The Bertz CT molecular complexity index is 3240. The molecule has 63 heavy (non-hydrogen) atoms. The molecule has 20 heteroatoms. The Hall–Kier alpha value is -7.38. The number of aromatic nitrogens is 4. The van der Waals surface area contributed by atoms with Gasteiger partial charge in [-0.15, -0.1) is 0 Å². The van der Waals surface area contributed by atoms with Crippen molar-refractivity contribution in [3.63, 3.8) is 0 Å². The van der Waals surface area contributed by atoms with Gasteiger partial charge in [0.25, 0.3) is 0 Å². The van der Waals surface area contributed by atoms with E-state index in [9.17, 15) is 30.7 Å². The summed E-state index contributed by atoms with van der Waals surface area (Å²) < 4.78 is 229. The van der Waals surface area contributed by atoms with Gasteiger partial charge in [0.1, 0.15) is 0 Å². The van der Waals surface area contributed by atoms with Gasteiger partial charge in [0.2, 0.25) is 17.5 Å². The van der Waals surface area contributed by atoms with Crippen LogP contribution < -0.4 is 16.0 Å². The molecule has 3 aromatic carbocycles. The van der Waals surface area contributed by atoms with E-state index in [0.717, 1.165) is 30.3 Å². The first kappa shape index (κ1) is 41.0. The number of benzene rings is 3. The van der Waals surface area contributed by atoms with E-state index in [1.807, 2.05) is 0 Å². The third-order valence-corrected chi connectivity index (χ3v) is 10.5. The van der Waals surface area contributed by atoms with E-state index in [0.29, 0.717) is 0 Å². The van der Waals surface area contributed by atoms with Crippen LogP contribution in [0.5, 0.6) is 0 Å². The van der Waals surface area contributed by atoms with Crippen LogP contribution in [-0.2, 0) is 6.54 Å². The Labute approximate surface area is 341 Å². The zero-order chi connectivity index (χ0) is 44.9. The van der Waals surface area contributed by atoms with Crippen LogP contribution >= 0.6 is 0 Å². The fourth-order valence-electron chi connectivity index (χ4n) is 7.66. The van der Waals surface area contributed by atoms with Crippen molar-refractivity contribution >= 4 is 16.7 Å². The standard InChI is InChI=1S/C43H18F15N5/c44-29-26(30(45)36(51)41(56)35(29)50)23-16-5-4-15(60-16)21-10-11-22(63(21)13-14-3-1-2-12-59-14)25(28-33(48)39(54)43(58)40(55)34(28)49)20-9-8-19(62-20)24(18-7-6-17(23)61-18)27-31(46)37(52)42(57)38(53)32(27)47/h1-5,7-12,60-62H,6,13H2. The first-order valence-electron chi connectivity index (χ1n) is 18.0. The topological polar surface area (TPSA) is 61.4 Å². The third kappa shape index (κ3) is 6.17. The molecule has 0 fully saturated rings. The third-order valence-electron chi connectivity index (χ3n) is 10.5. The molecule has 5 nitrogen and oxygen atoms in total. The van der Waals surface area contributed by atoms with Gasteiger partial charge < -0.3 is 19.9 Å². The summed E-state index contributed by atoms with van der Waals surface area (Å²) in [4.78, 5) is 9.57. The van der Waals surface area contributed by atoms with Gasteiger partial charge in [-0.2, -0.15) is 0 Å². The van der Waals surface area contributed by atoms with E-state index < -0.39 is 155 Å². The summed E-state index contributed by atoms with van der Waals surface area (Å²) in [6, 6.07) is 11.1. The van der Waals surface area contributed by atoms with Crippen LogP contribution in [0, 0.1) is 87.3 Å². The summed E-state index contributed by atoms with van der Waals surface area (Å²) in [6.07, 6.45) is 1.72. The molecule has 7 aromatic rings. The number of allylic oxidation sites excluding steroid dienone is 2. The maximum Gasteiger partial charge on any atom is 0.200 e. The van der Waals surface area contributed by atoms with Crippen LogP contribution in [0.15, 0.2) is 78.3 Å². The van der Waals surface area contributed by atoms with Crippen LogP contribution in [0.4, 0.5) is 65.9 Å². The number of halogens is 15. The fourth-order valence-corrected chi connectivity index (χ4v) is 7.66. The Balaban J connectivity index is 1.48. The number of rotatable bonds is 5. The molecule has 4 aromatic heterocycles. The maximum atomic E-state index is 16.0. The van der Waals surface area contributed by atoms with Crippen molar-refractivity contribution in [1.29, 1.82) is 0 Å². The minimum atomic E-state index is -2.59.